The fourth-order valence-electron chi connectivity index (χ4n) is 4.71. The molecular weight excluding hydrogens is 361 g/mol. The van der Waals surface area contributed by atoms with E-state index in [4.69, 9.17) is 4.74 Å². The maximum atomic E-state index is 13.4. The molecule has 0 unspecified atom stereocenters. The number of hydrogen-bond acceptors (Lipinski definition) is 4. The Morgan fingerprint density at radius 3 is 2.61 bits per heavy atom. The van der Waals surface area contributed by atoms with Gasteiger partial charge in [-0.3, -0.25) is 14.5 Å². The van der Waals surface area contributed by atoms with Crippen molar-refractivity contribution < 1.29 is 18.7 Å². The Hall–Kier alpha value is -1.99. The summed E-state index contributed by atoms with van der Waals surface area (Å²) in [7, 11) is 1.53. The predicted molar refractivity (Wildman–Crippen MR) is 102 cm³/mol. The molecule has 1 aliphatic carbocycles. The molecule has 28 heavy (non-hydrogen) atoms. The van der Waals surface area contributed by atoms with Crippen LogP contribution in [0.5, 0.6) is 0 Å². The molecule has 2 heterocycles. The summed E-state index contributed by atoms with van der Waals surface area (Å²) in [6.45, 7) is 2.66. The standard InChI is InChI=1S/C21H28FN3O3/c1-28-13-21(27)25-11-17(14-2-4-15(22)5-3-14)18-10-24(9-8-19(18)25)12-20(26)23-16-6-7-16/h2-5,16-19H,6-13H2,1H3,(H,23,26)/t17-,18-,19-/m1/s1. The summed E-state index contributed by atoms with van der Waals surface area (Å²) >= 11 is 0. The predicted octanol–water partition coefficient (Wildman–Crippen LogP) is 1.37. The van der Waals surface area contributed by atoms with Crippen molar-refractivity contribution in [3.63, 3.8) is 0 Å². The normalized spacial score (nSPS) is 27.5. The summed E-state index contributed by atoms with van der Waals surface area (Å²) in [5, 5.41) is 3.05. The number of ether oxygens (including phenoxy) is 1. The van der Waals surface area contributed by atoms with Crippen molar-refractivity contribution in [3.05, 3.63) is 35.6 Å². The second-order valence-electron chi connectivity index (χ2n) is 8.23. The van der Waals surface area contributed by atoms with E-state index in [0.717, 1.165) is 37.9 Å². The Morgan fingerprint density at radius 2 is 1.93 bits per heavy atom. The maximum Gasteiger partial charge on any atom is 0.248 e. The van der Waals surface area contributed by atoms with E-state index in [2.05, 4.69) is 10.2 Å². The molecule has 2 amide bonds. The molecule has 3 atom stereocenters. The number of halogens is 1. The van der Waals surface area contributed by atoms with Crippen LogP contribution in [0.3, 0.4) is 0 Å². The topological polar surface area (TPSA) is 61.9 Å². The SMILES string of the molecule is COCC(=O)N1C[C@H](c2ccc(F)cc2)[C@H]2CN(CC(=O)NC3CC3)CC[C@H]21. The Kier molecular flexibility index (Phi) is 5.64. The Balaban J connectivity index is 1.49. The molecule has 1 aromatic rings. The Labute approximate surface area is 165 Å². The van der Waals surface area contributed by atoms with Gasteiger partial charge in [0.25, 0.3) is 0 Å². The minimum atomic E-state index is -0.257. The molecule has 7 heteroatoms. The van der Waals surface area contributed by atoms with Gasteiger partial charge in [-0.05, 0) is 37.0 Å². The molecule has 0 bridgehead atoms. The molecule has 6 nitrogen and oxygen atoms in total. The van der Waals surface area contributed by atoms with Crippen molar-refractivity contribution >= 4 is 11.8 Å². The van der Waals surface area contributed by atoms with Crippen LogP contribution in [-0.4, -0.2) is 73.6 Å². The van der Waals surface area contributed by atoms with Crippen molar-refractivity contribution in [2.75, 3.05) is 39.9 Å². The van der Waals surface area contributed by atoms with Gasteiger partial charge in [0.2, 0.25) is 11.8 Å². The lowest BCUT2D eigenvalue weighted by Crippen LogP contribution is -2.50. The first kappa shape index (κ1) is 19.3. The summed E-state index contributed by atoms with van der Waals surface area (Å²) in [6.07, 6.45) is 3.01. The Bertz CT molecular complexity index is 722. The van der Waals surface area contributed by atoms with E-state index in [1.807, 2.05) is 17.0 Å². The third-order valence-corrected chi connectivity index (χ3v) is 6.21. The largest absolute Gasteiger partial charge is 0.375 e. The van der Waals surface area contributed by atoms with Gasteiger partial charge < -0.3 is 15.0 Å². The molecule has 4 rings (SSSR count). The number of nitrogens with zero attached hydrogens (tertiary/aromatic N) is 2. The molecular formula is C21H28FN3O3. The van der Waals surface area contributed by atoms with Crippen LogP contribution in [0.2, 0.25) is 0 Å². The quantitative estimate of drug-likeness (QED) is 0.798. The van der Waals surface area contributed by atoms with Gasteiger partial charge in [0.1, 0.15) is 12.4 Å². The van der Waals surface area contributed by atoms with E-state index >= 15 is 0 Å². The van der Waals surface area contributed by atoms with Crippen LogP contribution in [0.25, 0.3) is 0 Å². The third-order valence-electron chi connectivity index (χ3n) is 6.21. The molecule has 3 fully saturated rings. The van der Waals surface area contributed by atoms with Crippen LogP contribution in [0, 0.1) is 11.7 Å². The molecule has 0 aromatic heterocycles. The zero-order valence-corrected chi connectivity index (χ0v) is 16.3. The lowest BCUT2D eigenvalue weighted by molar-refractivity contribution is -0.137. The van der Waals surface area contributed by atoms with E-state index in [9.17, 15) is 14.0 Å². The van der Waals surface area contributed by atoms with Gasteiger partial charge in [0.05, 0.1) is 6.54 Å². The van der Waals surface area contributed by atoms with Crippen molar-refractivity contribution in [1.82, 2.24) is 15.1 Å². The van der Waals surface area contributed by atoms with Gasteiger partial charge in [0, 0.05) is 50.7 Å². The molecule has 152 valence electrons. The summed E-state index contributed by atoms with van der Waals surface area (Å²) in [4.78, 5) is 28.9. The number of carbonyl (C=O) groups is 2. The molecule has 0 spiro atoms. The molecule has 1 aromatic carbocycles. The number of nitrogens with one attached hydrogen (secondary N) is 1. The van der Waals surface area contributed by atoms with Gasteiger partial charge in [-0.1, -0.05) is 12.1 Å². The molecule has 1 N–H and O–H groups in total. The number of fused-ring (bicyclic) bond motifs is 1. The average Bonchev–Trinajstić information content (AvgIpc) is 3.40. The third kappa shape index (κ3) is 4.20. The summed E-state index contributed by atoms with van der Waals surface area (Å²) in [5.74, 6) is 0.203. The van der Waals surface area contributed by atoms with Crippen LogP contribution in [0.15, 0.2) is 24.3 Å². The van der Waals surface area contributed by atoms with Crippen LogP contribution in [-0.2, 0) is 14.3 Å². The number of hydrogen-bond donors (Lipinski definition) is 1. The van der Waals surface area contributed by atoms with Crippen LogP contribution in [0.4, 0.5) is 4.39 Å². The van der Waals surface area contributed by atoms with Crippen molar-refractivity contribution in [2.45, 2.75) is 37.3 Å². The van der Waals surface area contributed by atoms with E-state index in [-0.39, 0.29) is 42.1 Å². The number of methoxy groups -OCH3 is 1. The highest BCUT2D eigenvalue weighted by Gasteiger charge is 2.47. The number of benzene rings is 1. The lowest BCUT2D eigenvalue weighted by atomic mass is 9.82. The van der Waals surface area contributed by atoms with Gasteiger partial charge >= 0.3 is 0 Å². The number of rotatable bonds is 6. The Morgan fingerprint density at radius 1 is 1.18 bits per heavy atom. The molecule has 2 aliphatic heterocycles. The minimum absolute atomic E-state index is 0.00189. The van der Waals surface area contributed by atoms with Gasteiger partial charge in [-0.25, -0.2) is 4.39 Å². The second-order valence-corrected chi connectivity index (χ2v) is 8.23. The van der Waals surface area contributed by atoms with Crippen molar-refractivity contribution in [1.29, 1.82) is 0 Å². The fourth-order valence-corrected chi connectivity index (χ4v) is 4.71. The van der Waals surface area contributed by atoms with Crippen molar-refractivity contribution in [2.24, 2.45) is 5.92 Å². The van der Waals surface area contributed by atoms with E-state index < -0.39 is 0 Å². The first-order chi connectivity index (χ1) is 13.5. The van der Waals surface area contributed by atoms with Crippen molar-refractivity contribution in [3.8, 4) is 0 Å². The van der Waals surface area contributed by atoms with E-state index in [1.54, 1.807) is 0 Å². The second kappa shape index (κ2) is 8.17. The lowest BCUT2D eigenvalue weighted by Gasteiger charge is -2.38. The summed E-state index contributed by atoms with van der Waals surface area (Å²) < 4.78 is 18.5. The molecule has 2 saturated heterocycles. The van der Waals surface area contributed by atoms with E-state index in [1.165, 1.54) is 19.2 Å². The van der Waals surface area contributed by atoms with Gasteiger partial charge in [-0.15, -0.1) is 0 Å². The number of amides is 2. The molecule has 1 saturated carbocycles. The number of carbonyl (C=O) groups excluding carboxylic acids is 2. The number of piperidine rings is 1. The fraction of sp³-hybridized carbons (Fsp3) is 0.619. The monoisotopic (exact) mass is 389 g/mol. The zero-order valence-electron chi connectivity index (χ0n) is 16.3. The number of likely N-dealkylation sites (tertiary alicyclic amines) is 2. The highest BCUT2D eigenvalue weighted by Crippen LogP contribution is 2.41. The smallest absolute Gasteiger partial charge is 0.248 e. The first-order valence-electron chi connectivity index (χ1n) is 10.1. The summed E-state index contributed by atoms with van der Waals surface area (Å²) in [6, 6.07) is 7.10. The molecule has 3 aliphatic rings. The highest BCUT2D eigenvalue weighted by atomic mass is 19.1. The van der Waals surface area contributed by atoms with Gasteiger partial charge in [0.15, 0.2) is 0 Å². The van der Waals surface area contributed by atoms with Gasteiger partial charge in [-0.2, -0.15) is 0 Å². The van der Waals surface area contributed by atoms with Crippen LogP contribution < -0.4 is 5.32 Å². The van der Waals surface area contributed by atoms with Crippen LogP contribution in [0.1, 0.15) is 30.7 Å². The average molecular weight is 389 g/mol. The van der Waals surface area contributed by atoms with E-state index in [0.29, 0.717) is 19.1 Å². The van der Waals surface area contributed by atoms with Crippen LogP contribution >= 0.6 is 0 Å². The minimum Gasteiger partial charge on any atom is -0.375 e. The summed E-state index contributed by atoms with van der Waals surface area (Å²) in [5.41, 5.74) is 1.05. The highest BCUT2D eigenvalue weighted by molar-refractivity contribution is 5.79. The maximum absolute atomic E-state index is 13.4. The zero-order chi connectivity index (χ0) is 19.7. The molecule has 0 radical (unpaired) electrons. The first-order valence-corrected chi connectivity index (χ1v) is 10.1.